The van der Waals surface area contributed by atoms with Gasteiger partial charge in [0.1, 0.15) is 32.1 Å². The molecule has 0 saturated heterocycles. The molecule has 1 aliphatic heterocycles. The maximum atomic E-state index is 14.0. The second kappa shape index (κ2) is 9.91. The van der Waals surface area contributed by atoms with Gasteiger partial charge in [-0.05, 0) is 12.5 Å². The predicted molar refractivity (Wildman–Crippen MR) is 159 cm³/mol. The first-order valence-electron chi connectivity index (χ1n) is 13.2. The molecular formula is C29H18ClN4O10S2+. The molecular weight excluding hydrogens is 664 g/mol. The highest BCUT2D eigenvalue weighted by molar-refractivity contribution is 7.91. The largest absolute Gasteiger partial charge is 0.363 e. The van der Waals surface area contributed by atoms with E-state index in [-0.39, 0.29) is 44.9 Å². The van der Waals surface area contributed by atoms with Crippen molar-refractivity contribution in [3.63, 3.8) is 0 Å². The van der Waals surface area contributed by atoms with Crippen LogP contribution in [-0.2, 0) is 28.8 Å². The topological polar surface area (TPSA) is 233 Å². The van der Waals surface area contributed by atoms with Gasteiger partial charge >= 0.3 is 20.2 Å². The molecule has 0 fully saturated rings. The number of carbonyl (C=O) groups is 4. The summed E-state index contributed by atoms with van der Waals surface area (Å²) in [4.78, 5) is 56.9. The van der Waals surface area contributed by atoms with E-state index in [1.54, 1.807) is 0 Å². The molecule has 1 unspecified atom stereocenters. The van der Waals surface area contributed by atoms with Crippen LogP contribution in [-0.4, -0.2) is 51.7 Å². The van der Waals surface area contributed by atoms with E-state index in [0.717, 1.165) is 0 Å². The molecule has 1 atom stereocenters. The van der Waals surface area contributed by atoms with Gasteiger partial charge in [-0.15, -0.1) is 0 Å². The summed E-state index contributed by atoms with van der Waals surface area (Å²) in [6.45, 7) is 1.33. The third kappa shape index (κ3) is 3.80. The van der Waals surface area contributed by atoms with Crippen molar-refractivity contribution < 1.29 is 49.6 Å². The number of fused-ring (bicyclic) bond motifs is 7. The van der Waals surface area contributed by atoms with Crippen LogP contribution in [0.3, 0.4) is 0 Å². The number of Topliss-reactive ketones (excluding diaryl/α,β-unsaturated/α-hetero) is 2. The van der Waals surface area contributed by atoms with Crippen LogP contribution >= 0.6 is 11.6 Å². The quantitative estimate of drug-likeness (QED) is 0.215. The number of rotatable bonds is 4. The van der Waals surface area contributed by atoms with E-state index in [1.807, 2.05) is 0 Å². The van der Waals surface area contributed by atoms with Crippen molar-refractivity contribution in [2.45, 2.75) is 17.9 Å². The van der Waals surface area contributed by atoms with Crippen molar-refractivity contribution in [2.24, 2.45) is 11.8 Å². The molecule has 232 valence electrons. The second-order valence-corrected chi connectivity index (χ2v) is 13.9. The standard InChI is InChI=1S/C29H17ClN4O10S2/c1-10-20-21(15-17(28(10)45(39,40)43-31)26(37)13-8-4-2-6-11(13)24(15)35)34-23-19(30)29(46(41,42)44-32)18-16(22(23)33-20)25(36)12-7-3-5-9-14(12)27(18)38/h2-9,20,33H,31-32H2,1H3/p+1. The van der Waals surface area contributed by atoms with Crippen LogP contribution in [0.2, 0.25) is 5.02 Å². The van der Waals surface area contributed by atoms with Gasteiger partial charge in [-0.1, -0.05) is 60.1 Å². The van der Waals surface area contributed by atoms with E-state index in [4.69, 9.17) is 23.4 Å². The summed E-state index contributed by atoms with van der Waals surface area (Å²) in [5, 5.41) is 2.34. The van der Waals surface area contributed by atoms with Crippen LogP contribution in [0, 0.1) is 0 Å². The summed E-state index contributed by atoms with van der Waals surface area (Å²) in [6.07, 6.45) is 0. The maximum Gasteiger partial charge on any atom is 0.315 e. The Morgan fingerprint density at radius 3 is 1.74 bits per heavy atom. The summed E-state index contributed by atoms with van der Waals surface area (Å²) in [6, 6.07) is 10.1. The molecule has 0 aromatic heterocycles. The molecule has 3 aliphatic carbocycles. The van der Waals surface area contributed by atoms with E-state index in [1.165, 1.54) is 55.5 Å². The van der Waals surface area contributed by atoms with Crippen LogP contribution in [0.1, 0.15) is 59.5 Å². The Morgan fingerprint density at radius 2 is 1.22 bits per heavy atom. The maximum absolute atomic E-state index is 14.0. The first-order valence-corrected chi connectivity index (χ1v) is 16.4. The summed E-state index contributed by atoms with van der Waals surface area (Å²) in [7, 11) is -9.83. The third-order valence-corrected chi connectivity index (χ3v) is 11.2. The van der Waals surface area contributed by atoms with Crippen molar-refractivity contribution in [1.82, 2.24) is 0 Å². The van der Waals surface area contributed by atoms with Crippen LogP contribution in [0.15, 0.2) is 75.1 Å². The summed E-state index contributed by atoms with van der Waals surface area (Å²) < 4.78 is 61.4. The number of carbonyl (C=O) groups excluding carboxylic acids is 4. The molecule has 6 N–H and O–H groups in total. The smallest absolute Gasteiger partial charge is 0.315 e. The molecule has 3 aromatic carbocycles. The molecule has 1 heterocycles. The minimum absolute atomic E-state index is 0.0382. The Kier molecular flexibility index (Phi) is 6.46. The van der Waals surface area contributed by atoms with Crippen LogP contribution < -0.4 is 22.1 Å². The van der Waals surface area contributed by atoms with Gasteiger partial charge in [0.15, 0.2) is 17.3 Å². The molecule has 0 bridgehead atoms. The zero-order chi connectivity index (χ0) is 33.0. The Balaban J connectivity index is 1.62. The van der Waals surface area contributed by atoms with Gasteiger partial charge in [-0.2, -0.15) is 37.2 Å². The summed E-state index contributed by atoms with van der Waals surface area (Å²) >= 11 is 6.67. The van der Waals surface area contributed by atoms with E-state index in [2.05, 4.69) is 18.9 Å². The van der Waals surface area contributed by atoms with Gasteiger partial charge in [-0.3, -0.25) is 19.2 Å². The lowest BCUT2D eigenvalue weighted by Gasteiger charge is -2.34. The molecule has 0 radical (unpaired) electrons. The fourth-order valence-corrected chi connectivity index (χ4v) is 8.77. The monoisotopic (exact) mass is 681 g/mol. The van der Waals surface area contributed by atoms with E-state index in [9.17, 15) is 36.0 Å². The minimum Gasteiger partial charge on any atom is -0.363 e. The number of ketones is 4. The summed E-state index contributed by atoms with van der Waals surface area (Å²) in [5.41, 5.74) is -2.94. The molecule has 4 aliphatic rings. The lowest BCUT2D eigenvalue weighted by molar-refractivity contribution is -0.355. The van der Waals surface area contributed by atoms with Gasteiger partial charge in [0.25, 0.3) is 0 Å². The van der Waals surface area contributed by atoms with Crippen molar-refractivity contribution >= 4 is 72.1 Å². The van der Waals surface area contributed by atoms with E-state index < -0.39 is 86.5 Å². The second-order valence-electron chi connectivity index (χ2n) is 10.5. The Morgan fingerprint density at radius 1 is 0.739 bits per heavy atom. The average Bonchev–Trinajstić information content (AvgIpc) is 3.05. The molecule has 14 nitrogen and oxygen atoms in total. The minimum atomic E-state index is -4.97. The predicted octanol–water partition coefficient (Wildman–Crippen LogP) is 0.525. The number of hydrogen-bond donors (Lipinski definition) is 4. The van der Waals surface area contributed by atoms with Gasteiger partial charge in [0, 0.05) is 22.3 Å². The Hall–Kier alpha value is -4.68. The van der Waals surface area contributed by atoms with Crippen molar-refractivity contribution in [3.8, 4) is 0 Å². The zero-order valence-corrected chi connectivity index (χ0v) is 25.5. The highest BCUT2D eigenvalue weighted by Crippen LogP contribution is 2.47. The van der Waals surface area contributed by atoms with E-state index >= 15 is 0 Å². The number of hydrogen-bond acceptors (Lipinski definition) is 13. The normalized spacial score (nSPS) is 18.6. The fourth-order valence-electron chi connectivity index (χ4n) is 6.34. The van der Waals surface area contributed by atoms with Gasteiger partial charge < -0.3 is 5.32 Å². The molecule has 0 saturated carbocycles. The first-order chi connectivity index (χ1) is 21.8. The SMILES string of the molecule is CC1=C(S(=O)(=O)ON)C2=C(C(=O)c3ccccc3C2=O)C2=[NH+]c3c(Cl)c(S(=O)(=O)ON)c4c(c3NC21)C(=O)c1ccccc1C4=O. The number of halogens is 1. The third-order valence-electron chi connectivity index (χ3n) is 8.26. The lowest BCUT2D eigenvalue weighted by atomic mass is 9.74. The van der Waals surface area contributed by atoms with Crippen LogP contribution in [0.25, 0.3) is 0 Å². The zero-order valence-electron chi connectivity index (χ0n) is 23.1. The lowest BCUT2D eigenvalue weighted by Crippen LogP contribution is -2.75. The molecule has 0 spiro atoms. The highest BCUT2D eigenvalue weighted by Gasteiger charge is 2.53. The van der Waals surface area contributed by atoms with Gasteiger partial charge in [-0.25, -0.2) is 4.99 Å². The number of allylic oxidation sites excluding steroid dienone is 1. The number of benzene rings is 3. The fraction of sp³-hybridized carbons (Fsp3) is 0.0690. The molecule has 46 heavy (non-hydrogen) atoms. The Labute approximate surface area is 264 Å². The van der Waals surface area contributed by atoms with Gasteiger partial charge in [0.2, 0.25) is 17.2 Å². The first kappa shape index (κ1) is 30.0. The van der Waals surface area contributed by atoms with Crippen molar-refractivity contribution in [3.05, 3.63) is 109 Å². The van der Waals surface area contributed by atoms with Crippen molar-refractivity contribution in [2.75, 3.05) is 5.32 Å². The number of nitrogens with two attached hydrogens (primary N) is 2. The molecule has 17 heteroatoms. The molecule has 3 aromatic rings. The van der Waals surface area contributed by atoms with Gasteiger partial charge in [0.05, 0.1) is 16.7 Å². The molecule has 7 rings (SSSR count). The average molecular weight is 682 g/mol. The molecule has 0 amide bonds. The van der Waals surface area contributed by atoms with Crippen LogP contribution in [0.4, 0.5) is 11.4 Å². The number of nitrogens with one attached hydrogen (secondary N) is 2. The number of anilines is 1. The summed E-state index contributed by atoms with van der Waals surface area (Å²) in [5.74, 6) is 6.99. The highest BCUT2D eigenvalue weighted by atomic mass is 35.5. The van der Waals surface area contributed by atoms with Crippen LogP contribution in [0.5, 0.6) is 0 Å². The van der Waals surface area contributed by atoms with Crippen molar-refractivity contribution in [1.29, 1.82) is 0 Å². The van der Waals surface area contributed by atoms with E-state index in [0.29, 0.717) is 0 Å². The Bertz CT molecular complexity index is 2400.